The normalized spacial score (nSPS) is 36.6. The summed E-state index contributed by atoms with van der Waals surface area (Å²) in [6.45, 7) is 4.16. The molecular formula is C11H23N5O2. The summed E-state index contributed by atoms with van der Waals surface area (Å²) in [6.07, 6.45) is 1.63. The van der Waals surface area contributed by atoms with Gasteiger partial charge in [-0.05, 0) is 13.3 Å². The van der Waals surface area contributed by atoms with Crippen LogP contribution in [0.4, 0.5) is 0 Å². The first kappa shape index (κ1) is 13.5. The lowest BCUT2D eigenvalue weighted by atomic mass is 10.2. The lowest BCUT2D eigenvalue weighted by molar-refractivity contribution is 0.0672. The fraction of sp³-hybridized carbons (Fsp3) is 0.909. The summed E-state index contributed by atoms with van der Waals surface area (Å²) >= 11 is 0. The van der Waals surface area contributed by atoms with Crippen LogP contribution in [0.1, 0.15) is 26.7 Å². The van der Waals surface area contributed by atoms with Gasteiger partial charge in [-0.1, -0.05) is 13.3 Å². The number of fused-ring (bicyclic) bond motifs is 1. The van der Waals surface area contributed by atoms with Crippen molar-refractivity contribution < 1.29 is 9.47 Å². The average Bonchev–Trinajstić information content (AvgIpc) is 2.72. The summed E-state index contributed by atoms with van der Waals surface area (Å²) in [7, 11) is 1.63. The van der Waals surface area contributed by atoms with Gasteiger partial charge in [0.2, 0.25) is 0 Å². The zero-order valence-electron chi connectivity index (χ0n) is 11.1. The molecule has 2 aliphatic rings. The van der Waals surface area contributed by atoms with E-state index in [0.717, 1.165) is 12.8 Å². The van der Waals surface area contributed by atoms with E-state index >= 15 is 0 Å². The molecule has 2 rings (SSSR count). The molecule has 0 radical (unpaired) electrons. The van der Waals surface area contributed by atoms with Crippen molar-refractivity contribution in [1.82, 2.24) is 16.0 Å². The molecule has 7 heteroatoms. The number of hydrogen-bond donors (Lipinski definition) is 4. The predicted molar refractivity (Wildman–Crippen MR) is 68.6 cm³/mol. The summed E-state index contributed by atoms with van der Waals surface area (Å²) in [5, 5.41) is 9.46. The largest absolute Gasteiger partial charge is 0.462 e. The molecule has 5 N–H and O–H groups in total. The van der Waals surface area contributed by atoms with Crippen molar-refractivity contribution in [2.24, 2.45) is 10.7 Å². The van der Waals surface area contributed by atoms with Gasteiger partial charge in [0.05, 0.1) is 18.3 Å². The molecule has 0 amide bonds. The number of amidine groups is 1. The summed E-state index contributed by atoms with van der Waals surface area (Å²) < 4.78 is 10.9. The number of nitrogens with zero attached hydrogens (tertiary/aromatic N) is 1. The minimum Gasteiger partial charge on any atom is -0.462 e. The molecule has 0 aromatic carbocycles. The summed E-state index contributed by atoms with van der Waals surface area (Å²) in [4.78, 5) is 4.46. The van der Waals surface area contributed by atoms with Crippen molar-refractivity contribution in [3.05, 3.63) is 0 Å². The van der Waals surface area contributed by atoms with Gasteiger partial charge >= 0.3 is 0 Å². The van der Waals surface area contributed by atoms with Crippen LogP contribution in [0.25, 0.3) is 0 Å². The van der Waals surface area contributed by atoms with E-state index in [0.29, 0.717) is 6.02 Å². The van der Waals surface area contributed by atoms with Gasteiger partial charge in [-0.3, -0.25) is 10.6 Å². The number of nitrogens with two attached hydrogens (primary N) is 1. The van der Waals surface area contributed by atoms with E-state index in [1.54, 1.807) is 7.11 Å². The second-order valence-corrected chi connectivity index (χ2v) is 4.74. The van der Waals surface area contributed by atoms with Crippen molar-refractivity contribution in [3.8, 4) is 0 Å². The second kappa shape index (κ2) is 5.83. The average molecular weight is 257 g/mol. The highest BCUT2D eigenvalue weighted by molar-refractivity contribution is 5.75. The third-order valence-corrected chi connectivity index (χ3v) is 3.18. The molecule has 5 atom stereocenters. The van der Waals surface area contributed by atoms with Gasteiger partial charge in [0, 0.05) is 7.11 Å². The molecule has 18 heavy (non-hydrogen) atoms. The SMILES string of the molecule is CCC[C@H](C)OC1=N[C@@H]2N[C@H](OC)NC2C(N)N1. The highest BCUT2D eigenvalue weighted by atomic mass is 16.5. The molecule has 0 spiro atoms. The fourth-order valence-electron chi connectivity index (χ4n) is 2.24. The Balaban J connectivity index is 1.97. The van der Waals surface area contributed by atoms with Gasteiger partial charge in [-0.25, -0.2) is 4.99 Å². The van der Waals surface area contributed by atoms with Crippen molar-refractivity contribution >= 4 is 6.02 Å². The van der Waals surface area contributed by atoms with Crippen LogP contribution in [0.15, 0.2) is 4.99 Å². The highest BCUT2D eigenvalue weighted by Crippen LogP contribution is 2.14. The standard InChI is InChI=1S/C11H23N5O2/c1-4-5-6(2)18-11-14-8(12)7-9(16-11)15-10(13-7)17-3/h6-10,13,15H,4-5,12H2,1-3H3,(H,14,16)/t6-,7?,8?,9-,10+/m0/s1. The summed E-state index contributed by atoms with van der Waals surface area (Å²) in [5.74, 6) is 0. The number of rotatable bonds is 4. The molecule has 104 valence electrons. The molecule has 2 unspecified atom stereocenters. The first-order valence-electron chi connectivity index (χ1n) is 6.45. The first-order chi connectivity index (χ1) is 8.63. The van der Waals surface area contributed by atoms with Crippen molar-refractivity contribution in [1.29, 1.82) is 0 Å². The van der Waals surface area contributed by atoms with Gasteiger partial charge in [-0.15, -0.1) is 0 Å². The molecule has 2 heterocycles. The molecule has 0 aromatic rings. The smallest absolute Gasteiger partial charge is 0.287 e. The number of nitrogens with one attached hydrogen (secondary N) is 3. The van der Waals surface area contributed by atoms with E-state index in [1.165, 1.54) is 0 Å². The van der Waals surface area contributed by atoms with Gasteiger partial charge in [0.15, 0.2) is 6.35 Å². The van der Waals surface area contributed by atoms with Crippen molar-refractivity contribution in [2.45, 2.75) is 57.5 Å². The maximum Gasteiger partial charge on any atom is 0.287 e. The third-order valence-electron chi connectivity index (χ3n) is 3.18. The number of hydrogen-bond acceptors (Lipinski definition) is 7. The fourth-order valence-corrected chi connectivity index (χ4v) is 2.24. The zero-order chi connectivity index (χ0) is 13.1. The van der Waals surface area contributed by atoms with E-state index < -0.39 is 0 Å². The molecule has 1 saturated heterocycles. The summed E-state index contributed by atoms with van der Waals surface area (Å²) in [5.41, 5.74) is 6.05. The van der Waals surface area contributed by atoms with Crippen LogP contribution in [-0.2, 0) is 9.47 Å². The van der Waals surface area contributed by atoms with Crippen LogP contribution < -0.4 is 21.7 Å². The quantitative estimate of drug-likeness (QED) is 0.530. The second-order valence-electron chi connectivity index (χ2n) is 4.74. The monoisotopic (exact) mass is 257 g/mol. The molecule has 0 aliphatic carbocycles. The molecule has 7 nitrogen and oxygen atoms in total. The Morgan fingerprint density at radius 2 is 2.22 bits per heavy atom. The van der Waals surface area contributed by atoms with Crippen LogP contribution in [0.3, 0.4) is 0 Å². The van der Waals surface area contributed by atoms with Crippen LogP contribution in [-0.4, -0.2) is 44.0 Å². The Bertz CT molecular complexity index is 312. The van der Waals surface area contributed by atoms with Crippen LogP contribution >= 0.6 is 0 Å². The lowest BCUT2D eigenvalue weighted by Crippen LogP contribution is -2.61. The molecule has 0 bridgehead atoms. The lowest BCUT2D eigenvalue weighted by Gasteiger charge is -2.31. The molecule has 0 saturated carbocycles. The molecular weight excluding hydrogens is 234 g/mol. The first-order valence-corrected chi connectivity index (χ1v) is 6.45. The van der Waals surface area contributed by atoms with E-state index in [9.17, 15) is 0 Å². The maximum absolute atomic E-state index is 6.05. The molecule has 1 fully saturated rings. The van der Waals surface area contributed by atoms with Crippen molar-refractivity contribution in [2.75, 3.05) is 7.11 Å². The van der Waals surface area contributed by atoms with Gasteiger partial charge in [-0.2, -0.15) is 0 Å². The minimum atomic E-state index is -0.246. The molecule has 2 aliphatic heterocycles. The van der Waals surface area contributed by atoms with E-state index in [-0.39, 0.29) is 30.8 Å². The Morgan fingerprint density at radius 3 is 2.89 bits per heavy atom. The zero-order valence-corrected chi connectivity index (χ0v) is 11.1. The van der Waals surface area contributed by atoms with E-state index in [4.69, 9.17) is 15.2 Å². The molecule has 0 aromatic heterocycles. The van der Waals surface area contributed by atoms with Crippen LogP contribution in [0.2, 0.25) is 0 Å². The van der Waals surface area contributed by atoms with Gasteiger partial charge in [0.1, 0.15) is 6.17 Å². The van der Waals surface area contributed by atoms with Crippen LogP contribution in [0, 0.1) is 0 Å². The van der Waals surface area contributed by atoms with Gasteiger partial charge < -0.3 is 20.5 Å². The maximum atomic E-state index is 6.05. The Kier molecular flexibility index (Phi) is 4.39. The van der Waals surface area contributed by atoms with E-state index in [1.807, 2.05) is 6.92 Å². The predicted octanol–water partition coefficient (Wildman–Crippen LogP) is -0.747. The van der Waals surface area contributed by atoms with Crippen LogP contribution in [0.5, 0.6) is 0 Å². The van der Waals surface area contributed by atoms with Gasteiger partial charge in [0.25, 0.3) is 6.02 Å². The van der Waals surface area contributed by atoms with E-state index in [2.05, 4.69) is 27.9 Å². The van der Waals surface area contributed by atoms with Crippen molar-refractivity contribution in [3.63, 3.8) is 0 Å². The Labute approximate surface area is 107 Å². The number of aliphatic imine (C=N–C) groups is 1. The summed E-state index contributed by atoms with van der Waals surface area (Å²) in [6, 6.07) is 0.513. The Hall–Kier alpha value is -0.890. The number of ether oxygens (including phenoxy) is 2. The Morgan fingerprint density at radius 1 is 1.44 bits per heavy atom. The number of methoxy groups -OCH3 is 1. The third kappa shape index (κ3) is 2.92. The highest BCUT2D eigenvalue weighted by Gasteiger charge is 2.40. The minimum absolute atomic E-state index is 0.00350. The topological polar surface area (TPSA) is 92.9 Å².